The van der Waals surface area contributed by atoms with Crippen molar-refractivity contribution in [3.8, 4) is 0 Å². The van der Waals surface area contributed by atoms with Crippen LogP contribution in [0.1, 0.15) is 43.6 Å². The molecule has 0 radical (unpaired) electrons. The standard InChI is InChI=1S/C20H26N2O4/c23-18-9-5-2-6-11-21(18)12-10-19(24)22-13-16(17(14-22)20(25)26)15-7-3-1-4-8-15/h1,3-4,7-8,16-17H,2,5-6,9-14H2,(H,25,26)/t16-,17+/m0/s1. The Morgan fingerprint density at radius 3 is 2.58 bits per heavy atom. The van der Waals surface area contributed by atoms with E-state index in [4.69, 9.17) is 0 Å². The molecular formula is C20H26N2O4. The van der Waals surface area contributed by atoms with Crippen molar-refractivity contribution in [3.63, 3.8) is 0 Å². The number of benzene rings is 1. The number of aliphatic carboxylic acids is 1. The van der Waals surface area contributed by atoms with Crippen molar-refractivity contribution in [2.45, 2.75) is 38.0 Å². The molecule has 2 aliphatic rings. The van der Waals surface area contributed by atoms with Gasteiger partial charge in [0.05, 0.1) is 5.92 Å². The summed E-state index contributed by atoms with van der Waals surface area (Å²) >= 11 is 0. The van der Waals surface area contributed by atoms with Crippen LogP contribution >= 0.6 is 0 Å². The Hall–Kier alpha value is -2.37. The van der Waals surface area contributed by atoms with Gasteiger partial charge >= 0.3 is 5.97 Å². The van der Waals surface area contributed by atoms with Crippen LogP contribution in [0.4, 0.5) is 0 Å². The monoisotopic (exact) mass is 358 g/mol. The van der Waals surface area contributed by atoms with Crippen LogP contribution in [-0.2, 0) is 14.4 Å². The van der Waals surface area contributed by atoms with Crippen LogP contribution in [0.2, 0.25) is 0 Å². The van der Waals surface area contributed by atoms with E-state index in [2.05, 4.69) is 0 Å². The number of carboxylic acids is 1. The smallest absolute Gasteiger partial charge is 0.308 e. The minimum atomic E-state index is -0.864. The summed E-state index contributed by atoms with van der Waals surface area (Å²) in [7, 11) is 0. The predicted octanol–water partition coefficient (Wildman–Crippen LogP) is 2.11. The third-order valence-electron chi connectivity index (χ3n) is 5.48. The second kappa shape index (κ2) is 8.34. The van der Waals surface area contributed by atoms with Gasteiger partial charge in [-0.1, -0.05) is 36.8 Å². The molecule has 140 valence electrons. The number of nitrogens with zero attached hydrogens (tertiary/aromatic N) is 2. The van der Waals surface area contributed by atoms with Crippen molar-refractivity contribution >= 4 is 17.8 Å². The van der Waals surface area contributed by atoms with Crippen molar-refractivity contribution in [3.05, 3.63) is 35.9 Å². The summed E-state index contributed by atoms with van der Waals surface area (Å²) in [6, 6.07) is 9.53. The van der Waals surface area contributed by atoms with Gasteiger partial charge in [0, 0.05) is 44.9 Å². The largest absolute Gasteiger partial charge is 0.481 e. The van der Waals surface area contributed by atoms with Crippen LogP contribution in [0.15, 0.2) is 30.3 Å². The molecule has 3 rings (SSSR count). The molecule has 2 aliphatic heterocycles. The van der Waals surface area contributed by atoms with Crippen molar-refractivity contribution in [1.82, 2.24) is 9.80 Å². The van der Waals surface area contributed by atoms with Gasteiger partial charge in [0.15, 0.2) is 0 Å². The van der Waals surface area contributed by atoms with Gasteiger partial charge < -0.3 is 14.9 Å². The summed E-state index contributed by atoms with van der Waals surface area (Å²) in [4.78, 5) is 39.8. The minimum Gasteiger partial charge on any atom is -0.481 e. The number of carbonyl (C=O) groups is 3. The maximum atomic E-state index is 12.6. The van der Waals surface area contributed by atoms with Gasteiger partial charge in [-0.05, 0) is 18.4 Å². The number of carbonyl (C=O) groups excluding carboxylic acids is 2. The second-order valence-corrected chi connectivity index (χ2v) is 7.20. The summed E-state index contributed by atoms with van der Waals surface area (Å²) in [5, 5.41) is 9.55. The topological polar surface area (TPSA) is 77.9 Å². The lowest BCUT2D eigenvalue weighted by Gasteiger charge is -2.22. The van der Waals surface area contributed by atoms with Crippen LogP contribution in [0, 0.1) is 5.92 Å². The van der Waals surface area contributed by atoms with Crippen LogP contribution in [0.3, 0.4) is 0 Å². The van der Waals surface area contributed by atoms with Crippen LogP contribution in [0.25, 0.3) is 0 Å². The highest BCUT2D eigenvalue weighted by atomic mass is 16.4. The van der Waals surface area contributed by atoms with Crippen molar-refractivity contribution < 1.29 is 19.5 Å². The minimum absolute atomic E-state index is 0.0632. The number of hydrogen-bond acceptors (Lipinski definition) is 3. The van der Waals surface area contributed by atoms with Gasteiger partial charge in [0.1, 0.15) is 0 Å². The zero-order valence-corrected chi connectivity index (χ0v) is 15.0. The van der Waals surface area contributed by atoms with Gasteiger partial charge in [-0.15, -0.1) is 0 Å². The summed E-state index contributed by atoms with van der Waals surface area (Å²) in [6.45, 7) is 1.81. The van der Waals surface area contributed by atoms with E-state index < -0.39 is 11.9 Å². The molecule has 2 amide bonds. The molecule has 26 heavy (non-hydrogen) atoms. The summed E-state index contributed by atoms with van der Waals surface area (Å²) in [5.74, 6) is -1.57. The molecule has 6 nitrogen and oxygen atoms in total. The first-order chi connectivity index (χ1) is 12.6. The van der Waals surface area contributed by atoms with E-state index in [-0.39, 0.29) is 30.7 Å². The van der Waals surface area contributed by atoms with Crippen LogP contribution in [-0.4, -0.2) is 58.9 Å². The molecular weight excluding hydrogens is 332 g/mol. The van der Waals surface area contributed by atoms with Crippen molar-refractivity contribution in [2.75, 3.05) is 26.2 Å². The molecule has 0 aromatic heterocycles. The molecule has 0 bridgehead atoms. The van der Waals surface area contributed by atoms with E-state index in [0.29, 0.717) is 19.5 Å². The van der Waals surface area contributed by atoms with Gasteiger partial charge in [-0.3, -0.25) is 14.4 Å². The zero-order valence-electron chi connectivity index (χ0n) is 15.0. The molecule has 0 saturated carbocycles. The van der Waals surface area contributed by atoms with E-state index in [0.717, 1.165) is 31.4 Å². The Bertz CT molecular complexity index is 661. The first-order valence-corrected chi connectivity index (χ1v) is 9.39. The van der Waals surface area contributed by atoms with Gasteiger partial charge in [0.2, 0.25) is 11.8 Å². The maximum Gasteiger partial charge on any atom is 0.308 e. The summed E-state index contributed by atoms with van der Waals surface area (Å²) < 4.78 is 0. The van der Waals surface area contributed by atoms with Crippen molar-refractivity contribution in [1.29, 1.82) is 0 Å². The van der Waals surface area contributed by atoms with Gasteiger partial charge in [-0.2, -0.15) is 0 Å². The fraction of sp³-hybridized carbons (Fsp3) is 0.550. The lowest BCUT2D eigenvalue weighted by Crippen LogP contribution is -2.36. The normalized spacial score (nSPS) is 23.8. The molecule has 2 heterocycles. The average Bonchev–Trinajstić information content (AvgIpc) is 3.00. The lowest BCUT2D eigenvalue weighted by atomic mass is 9.89. The van der Waals surface area contributed by atoms with E-state index in [9.17, 15) is 19.5 Å². The lowest BCUT2D eigenvalue weighted by molar-refractivity contribution is -0.141. The van der Waals surface area contributed by atoms with Gasteiger partial charge in [-0.25, -0.2) is 0 Å². The van der Waals surface area contributed by atoms with Gasteiger partial charge in [0.25, 0.3) is 0 Å². The highest BCUT2D eigenvalue weighted by Gasteiger charge is 2.40. The Morgan fingerprint density at radius 1 is 1.08 bits per heavy atom. The molecule has 2 fully saturated rings. The highest BCUT2D eigenvalue weighted by molar-refractivity contribution is 5.81. The van der Waals surface area contributed by atoms with E-state index in [1.165, 1.54) is 0 Å². The number of hydrogen-bond donors (Lipinski definition) is 1. The zero-order chi connectivity index (χ0) is 18.5. The average molecular weight is 358 g/mol. The number of carboxylic acid groups (broad SMARTS) is 1. The summed E-state index contributed by atoms with van der Waals surface area (Å²) in [5.41, 5.74) is 0.956. The molecule has 0 aliphatic carbocycles. The van der Waals surface area contributed by atoms with E-state index in [1.807, 2.05) is 30.3 Å². The molecule has 0 unspecified atom stereocenters. The highest BCUT2D eigenvalue weighted by Crippen LogP contribution is 2.33. The Kier molecular flexibility index (Phi) is 5.91. The number of rotatable bonds is 5. The number of likely N-dealkylation sites (tertiary alicyclic amines) is 2. The fourth-order valence-corrected chi connectivity index (χ4v) is 3.96. The molecule has 0 spiro atoms. The molecule has 6 heteroatoms. The Morgan fingerprint density at radius 2 is 1.85 bits per heavy atom. The molecule has 2 saturated heterocycles. The second-order valence-electron chi connectivity index (χ2n) is 7.20. The quantitative estimate of drug-likeness (QED) is 0.874. The molecule has 2 atom stereocenters. The van der Waals surface area contributed by atoms with E-state index >= 15 is 0 Å². The summed E-state index contributed by atoms with van der Waals surface area (Å²) in [6.07, 6.45) is 3.80. The van der Waals surface area contributed by atoms with E-state index in [1.54, 1.807) is 9.80 Å². The Balaban J connectivity index is 1.61. The molecule has 1 aromatic carbocycles. The maximum absolute atomic E-state index is 12.6. The third-order valence-corrected chi connectivity index (χ3v) is 5.48. The Labute approximate surface area is 153 Å². The fourth-order valence-electron chi connectivity index (χ4n) is 3.96. The van der Waals surface area contributed by atoms with Crippen LogP contribution in [0.5, 0.6) is 0 Å². The SMILES string of the molecule is O=C(O)[C@@H]1CN(C(=O)CCN2CCCCCC2=O)C[C@H]1c1ccccc1. The van der Waals surface area contributed by atoms with Crippen LogP contribution < -0.4 is 0 Å². The third kappa shape index (κ3) is 4.23. The van der Waals surface area contributed by atoms with Crippen molar-refractivity contribution in [2.24, 2.45) is 5.92 Å². The molecule has 1 aromatic rings. The first-order valence-electron chi connectivity index (χ1n) is 9.39. The molecule has 1 N–H and O–H groups in total. The first kappa shape index (κ1) is 18.4. The number of amides is 2. The predicted molar refractivity (Wildman–Crippen MR) is 96.6 cm³/mol.